The number of hydrogen-bond acceptors (Lipinski definition) is 1. The van der Waals surface area contributed by atoms with Crippen molar-refractivity contribution < 1.29 is 0 Å². The van der Waals surface area contributed by atoms with Crippen molar-refractivity contribution in [3.8, 4) is 72.4 Å². The highest BCUT2D eigenvalue weighted by atomic mass is 15.1. The Bertz CT molecular complexity index is 4820. The van der Waals surface area contributed by atoms with E-state index in [1.807, 2.05) is 0 Å². The lowest BCUT2D eigenvalue weighted by Crippen LogP contribution is -2.40. The number of hydrogen-bond donors (Lipinski definition) is 0. The standard InChI is InChI=1S/C82H58N2/c1-81(2)73-38-17-19-40-75(73)82(76-41-20-18-39-74(76)81)72-37-16-13-34-67(72)68-50-46-59(54-77(68)82)55-44-48-61(49-45-55)83(78-42-21-14-35-69(78)66-33-12-11-32-65(66)64-31-10-9-30-63(64)56-24-5-3-6-25-56)62-29-23-26-57(52-62)58-47-51-80-71(53-58)70-36-15-22-43-79(70)84(80)60-27-7-4-8-28-60/h3-54H,1-2H3. The molecule has 14 aromatic rings. The highest BCUT2D eigenvalue weighted by molar-refractivity contribution is 6.10. The van der Waals surface area contributed by atoms with E-state index < -0.39 is 5.41 Å². The highest BCUT2D eigenvalue weighted by Crippen LogP contribution is 2.62. The quantitative estimate of drug-likeness (QED) is 0.140. The lowest BCUT2D eigenvalue weighted by atomic mass is 9.55. The zero-order valence-corrected chi connectivity index (χ0v) is 46.9. The monoisotopic (exact) mass is 1070 g/mol. The predicted molar refractivity (Wildman–Crippen MR) is 352 cm³/mol. The molecular formula is C82H58N2. The Labute approximate surface area is 491 Å². The molecule has 2 aliphatic rings. The fourth-order valence-corrected chi connectivity index (χ4v) is 14.5. The Balaban J connectivity index is 0.861. The molecule has 2 aliphatic carbocycles. The van der Waals surface area contributed by atoms with Crippen LogP contribution in [0.3, 0.4) is 0 Å². The number of para-hydroxylation sites is 3. The molecule has 396 valence electrons. The van der Waals surface area contributed by atoms with Crippen LogP contribution in [0.15, 0.2) is 315 Å². The third kappa shape index (κ3) is 7.57. The molecular weight excluding hydrogens is 1010 g/mol. The molecule has 0 amide bonds. The first-order chi connectivity index (χ1) is 41.4. The lowest BCUT2D eigenvalue weighted by molar-refractivity contribution is 0.563. The Kier molecular flexibility index (Phi) is 11.5. The van der Waals surface area contributed by atoms with E-state index >= 15 is 0 Å². The predicted octanol–water partition coefficient (Wildman–Crippen LogP) is 21.6. The summed E-state index contributed by atoms with van der Waals surface area (Å²) in [5, 5.41) is 2.46. The molecule has 0 unspecified atom stereocenters. The molecule has 0 aliphatic heterocycles. The second kappa shape index (κ2) is 19.6. The summed E-state index contributed by atoms with van der Waals surface area (Å²) in [6, 6.07) is 117. The van der Waals surface area contributed by atoms with Crippen LogP contribution in [0.1, 0.15) is 47.2 Å². The maximum Gasteiger partial charge on any atom is 0.0719 e. The first-order valence-electron chi connectivity index (χ1n) is 29.3. The smallest absolute Gasteiger partial charge is 0.0719 e. The summed E-state index contributed by atoms with van der Waals surface area (Å²) < 4.78 is 2.39. The molecule has 0 saturated carbocycles. The molecule has 0 radical (unpaired) electrons. The lowest BCUT2D eigenvalue weighted by Gasteiger charge is -2.46. The molecule has 13 aromatic carbocycles. The Morgan fingerprint density at radius 3 is 1.45 bits per heavy atom. The van der Waals surface area contributed by atoms with Crippen LogP contribution in [0, 0.1) is 0 Å². The van der Waals surface area contributed by atoms with Crippen LogP contribution in [0.2, 0.25) is 0 Å². The van der Waals surface area contributed by atoms with Gasteiger partial charge in [0.15, 0.2) is 0 Å². The zero-order valence-electron chi connectivity index (χ0n) is 46.9. The summed E-state index contributed by atoms with van der Waals surface area (Å²) in [6.07, 6.45) is 0. The number of nitrogens with zero attached hydrogens (tertiary/aromatic N) is 2. The van der Waals surface area contributed by atoms with Crippen molar-refractivity contribution in [3.05, 3.63) is 349 Å². The third-order valence-corrected chi connectivity index (χ3v) is 18.3. The minimum absolute atomic E-state index is 0.167. The summed E-state index contributed by atoms with van der Waals surface area (Å²) in [6.45, 7) is 4.79. The van der Waals surface area contributed by atoms with E-state index in [1.54, 1.807) is 0 Å². The van der Waals surface area contributed by atoms with Gasteiger partial charge in [-0.05, 0) is 161 Å². The average Bonchev–Trinajstić information content (AvgIpc) is 2.59. The second-order valence-corrected chi connectivity index (χ2v) is 23.1. The third-order valence-electron chi connectivity index (χ3n) is 18.3. The van der Waals surface area contributed by atoms with Gasteiger partial charge in [0.1, 0.15) is 0 Å². The SMILES string of the molecule is CC1(C)c2ccccc2C2(c3ccccc3-c3ccc(-c4ccc(N(c5cccc(-c6ccc7c(c6)c6ccccc6n7-c6ccccc6)c5)c5ccccc5-c5ccccc5-c5ccccc5-c5ccccc5)cc4)cc32)c2ccccc21. The van der Waals surface area contributed by atoms with Crippen molar-refractivity contribution in [2.45, 2.75) is 24.7 Å². The Hall–Kier alpha value is -10.5. The van der Waals surface area contributed by atoms with E-state index in [0.717, 1.165) is 50.6 Å². The molecule has 2 nitrogen and oxygen atoms in total. The molecule has 1 heterocycles. The van der Waals surface area contributed by atoms with E-state index in [1.165, 1.54) is 94.1 Å². The molecule has 0 fully saturated rings. The van der Waals surface area contributed by atoms with Gasteiger partial charge in [-0.2, -0.15) is 0 Å². The number of aromatic nitrogens is 1. The largest absolute Gasteiger partial charge is 0.310 e. The highest BCUT2D eigenvalue weighted by Gasteiger charge is 2.53. The average molecular weight is 1070 g/mol. The van der Waals surface area contributed by atoms with E-state index in [2.05, 4.69) is 339 Å². The molecule has 0 saturated heterocycles. The molecule has 0 atom stereocenters. The maximum atomic E-state index is 2.51. The van der Waals surface area contributed by atoms with Gasteiger partial charge in [0.2, 0.25) is 0 Å². The summed E-state index contributed by atoms with van der Waals surface area (Å²) in [5.41, 5.74) is 28.6. The van der Waals surface area contributed by atoms with Crippen molar-refractivity contribution in [1.29, 1.82) is 0 Å². The second-order valence-electron chi connectivity index (χ2n) is 23.1. The van der Waals surface area contributed by atoms with Gasteiger partial charge in [-0.3, -0.25) is 0 Å². The Morgan fingerprint density at radius 1 is 0.262 bits per heavy atom. The summed E-state index contributed by atoms with van der Waals surface area (Å²) in [4.78, 5) is 2.47. The first kappa shape index (κ1) is 49.3. The van der Waals surface area contributed by atoms with E-state index in [4.69, 9.17) is 0 Å². The van der Waals surface area contributed by atoms with Crippen molar-refractivity contribution >= 4 is 38.9 Å². The van der Waals surface area contributed by atoms with Crippen molar-refractivity contribution in [1.82, 2.24) is 4.57 Å². The molecule has 2 heteroatoms. The van der Waals surface area contributed by atoms with Crippen LogP contribution in [-0.4, -0.2) is 4.57 Å². The number of fused-ring (bicyclic) bond motifs is 12. The topological polar surface area (TPSA) is 8.17 Å². The van der Waals surface area contributed by atoms with Gasteiger partial charge in [0.25, 0.3) is 0 Å². The van der Waals surface area contributed by atoms with Crippen molar-refractivity contribution in [2.24, 2.45) is 0 Å². The molecule has 1 aromatic heterocycles. The fourth-order valence-electron chi connectivity index (χ4n) is 14.5. The van der Waals surface area contributed by atoms with E-state index in [-0.39, 0.29) is 5.41 Å². The number of benzene rings is 13. The number of rotatable bonds is 9. The maximum absolute atomic E-state index is 2.51. The molecule has 0 bridgehead atoms. The zero-order chi connectivity index (χ0) is 55.9. The van der Waals surface area contributed by atoms with Crippen LogP contribution < -0.4 is 4.90 Å². The van der Waals surface area contributed by atoms with Crippen LogP contribution in [0.4, 0.5) is 17.1 Å². The van der Waals surface area contributed by atoms with Gasteiger partial charge in [0.05, 0.1) is 22.1 Å². The van der Waals surface area contributed by atoms with E-state index in [0.29, 0.717) is 0 Å². The molecule has 16 rings (SSSR count). The summed E-state index contributed by atoms with van der Waals surface area (Å²) in [5.74, 6) is 0. The molecule has 84 heavy (non-hydrogen) atoms. The van der Waals surface area contributed by atoms with Crippen LogP contribution >= 0.6 is 0 Å². The van der Waals surface area contributed by atoms with Gasteiger partial charge in [-0.25, -0.2) is 0 Å². The first-order valence-corrected chi connectivity index (χ1v) is 29.3. The minimum atomic E-state index is -0.475. The van der Waals surface area contributed by atoms with Gasteiger partial charge >= 0.3 is 0 Å². The Morgan fingerprint density at radius 2 is 0.738 bits per heavy atom. The van der Waals surface area contributed by atoms with Crippen molar-refractivity contribution in [3.63, 3.8) is 0 Å². The fraction of sp³-hybridized carbons (Fsp3) is 0.0488. The van der Waals surface area contributed by atoms with Crippen molar-refractivity contribution in [2.75, 3.05) is 4.90 Å². The van der Waals surface area contributed by atoms with Gasteiger partial charge in [-0.1, -0.05) is 263 Å². The number of anilines is 3. The van der Waals surface area contributed by atoms with E-state index in [9.17, 15) is 0 Å². The van der Waals surface area contributed by atoms with Crippen LogP contribution in [-0.2, 0) is 10.8 Å². The summed E-state index contributed by atoms with van der Waals surface area (Å²) >= 11 is 0. The van der Waals surface area contributed by atoms with Gasteiger partial charge < -0.3 is 9.47 Å². The van der Waals surface area contributed by atoms with Crippen LogP contribution in [0.5, 0.6) is 0 Å². The van der Waals surface area contributed by atoms with Crippen LogP contribution in [0.25, 0.3) is 94.3 Å². The van der Waals surface area contributed by atoms with Gasteiger partial charge in [0, 0.05) is 38.8 Å². The minimum Gasteiger partial charge on any atom is -0.310 e. The molecule has 0 N–H and O–H groups in total. The van der Waals surface area contributed by atoms with Gasteiger partial charge in [-0.15, -0.1) is 0 Å². The normalized spacial score (nSPS) is 13.3. The summed E-state index contributed by atoms with van der Waals surface area (Å²) in [7, 11) is 0. The molecule has 1 spiro atoms.